The summed E-state index contributed by atoms with van der Waals surface area (Å²) in [6.45, 7) is 0. The van der Waals surface area contributed by atoms with Gasteiger partial charge in [0.2, 0.25) is 0 Å². The molecule has 1 aromatic heterocycles. The zero-order chi connectivity index (χ0) is 23.2. The highest BCUT2D eigenvalue weighted by Gasteiger charge is 2.09. The molecule has 0 amide bonds. The minimum Gasteiger partial charge on any atom is -0.497 e. The number of nitrogens with zero attached hydrogens (tertiary/aromatic N) is 5. The van der Waals surface area contributed by atoms with Crippen molar-refractivity contribution in [3.63, 3.8) is 0 Å². The van der Waals surface area contributed by atoms with Gasteiger partial charge in [0.15, 0.2) is 0 Å². The van der Waals surface area contributed by atoms with E-state index < -0.39 is 5.97 Å². The molecular formula is C24H20N6O3. The minimum absolute atomic E-state index is 0.192. The quantitative estimate of drug-likeness (QED) is 0.256. The Labute approximate surface area is 189 Å². The molecule has 0 aliphatic heterocycles. The Hall–Kier alpha value is -4.79. The summed E-state index contributed by atoms with van der Waals surface area (Å²) in [4.78, 5) is 15.3. The monoisotopic (exact) mass is 440 g/mol. The fourth-order valence-corrected chi connectivity index (χ4v) is 3.10. The summed E-state index contributed by atoms with van der Waals surface area (Å²) in [6.07, 6.45) is 3.36. The van der Waals surface area contributed by atoms with Gasteiger partial charge in [0.25, 0.3) is 0 Å². The van der Waals surface area contributed by atoms with Crippen LogP contribution < -0.4 is 10.6 Å². The molecule has 0 saturated carbocycles. The highest BCUT2D eigenvalue weighted by atomic mass is 16.5. The zero-order valence-corrected chi connectivity index (χ0v) is 17.7. The summed E-state index contributed by atoms with van der Waals surface area (Å²) >= 11 is 0. The van der Waals surface area contributed by atoms with Crippen LogP contribution >= 0.6 is 0 Å². The third kappa shape index (κ3) is 4.93. The summed E-state index contributed by atoms with van der Waals surface area (Å²) in [5.74, 6) is 5.38. The third-order valence-electron chi connectivity index (χ3n) is 4.87. The lowest BCUT2D eigenvalue weighted by Crippen LogP contribution is -2.06. The molecule has 3 aromatic carbocycles. The van der Waals surface area contributed by atoms with Crippen LogP contribution in [-0.4, -0.2) is 45.1 Å². The number of carboxylic acids is 1. The van der Waals surface area contributed by atoms with E-state index in [0.29, 0.717) is 17.1 Å². The number of carboxylic acid groups (broad SMARTS) is 1. The first-order valence-electron chi connectivity index (χ1n) is 9.90. The van der Waals surface area contributed by atoms with Crippen LogP contribution in [0.4, 0.5) is 5.69 Å². The lowest BCUT2D eigenvalue weighted by Gasteiger charge is -2.03. The number of carbonyl (C=O) groups is 1. The molecule has 1 heterocycles. The molecular weight excluding hydrogens is 420 g/mol. The summed E-state index contributed by atoms with van der Waals surface area (Å²) in [7, 11) is 1.62. The van der Waals surface area contributed by atoms with E-state index >= 15 is 0 Å². The molecule has 0 unspecified atom stereocenters. The second kappa shape index (κ2) is 9.56. The van der Waals surface area contributed by atoms with Crippen molar-refractivity contribution >= 4 is 23.6 Å². The van der Waals surface area contributed by atoms with Crippen LogP contribution in [0, 0.1) is 0 Å². The lowest BCUT2D eigenvalue weighted by molar-refractivity contribution is 0.0697. The third-order valence-corrected chi connectivity index (χ3v) is 4.87. The molecule has 0 radical (unpaired) electrons. The van der Waals surface area contributed by atoms with Crippen molar-refractivity contribution in [3.05, 3.63) is 90.1 Å². The lowest BCUT2D eigenvalue weighted by atomic mass is 10.1. The highest BCUT2D eigenvalue weighted by molar-refractivity contribution is 6.38. The van der Waals surface area contributed by atoms with Crippen molar-refractivity contribution in [1.29, 1.82) is 0 Å². The molecule has 3 N–H and O–H groups in total. The Balaban J connectivity index is 1.55. The summed E-state index contributed by atoms with van der Waals surface area (Å²) in [5, 5.41) is 21.3. The molecule has 0 bridgehead atoms. The van der Waals surface area contributed by atoms with Gasteiger partial charge in [-0.15, -0.1) is 5.10 Å². The maximum atomic E-state index is 11.0. The van der Waals surface area contributed by atoms with E-state index in [9.17, 15) is 4.79 Å². The van der Waals surface area contributed by atoms with E-state index in [-0.39, 0.29) is 5.56 Å². The van der Waals surface area contributed by atoms with Crippen LogP contribution in [0.3, 0.4) is 0 Å². The average molecular weight is 440 g/mol. The first-order chi connectivity index (χ1) is 16.1. The number of hydrogen-bond donors (Lipinski definition) is 2. The van der Waals surface area contributed by atoms with Gasteiger partial charge in [-0.3, -0.25) is 4.99 Å². The van der Waals surface area contributed by atoms with E-state index in [1.54, 1.807) is 23.9 Å². The van der Waals surface area contributed by atoms with E-state index in [2.05, 4.69) is 20.4 Å². The number of aromatic nitrogens is 3. The van der Waals surface area contributed by atoms with E-state index in [1.807, 2.05) is 54.7 Å². The fourth-order valence-electron chi connectivity index (χ4n) is 3.10. The predicted molar refractivity (Wildman–Crippen MR) is 126 cm³/mol. The van der Waals surface area contributed by atoms with Gasteiger partial charge >= 0.3 is 5.97 Å². The van der Waals surface area contributed by atoms with Crippen molar-refractivity contribution in [2.45, 2.75) is 0 Å². The number of hydrazone groups is 1. The summed E-state index contributed by atoms with van der Waals surface area (Å²) in [6, 6.07) is 21.3. The summed E-state index contributed by atoms with van der Waals surface area (Å²) < 4.78 is 6.87. The van der Waals surface area contributed by atoms with Crippen LogP contribution in [0.5, 0.6) is 5.75 Å². The second-order valence-corrected chi connectivity index (χ2v) is 6.95. The fraction of sp³-hybridized carbons (Fsp3) is 0.0417. The Bertz CT molecular complexity index is 1330. The maximum absolute atomic E-state index is 11.0. The molecule has 33 heavy (non-hydrogen) atoms. The van der Waals surface area contributed by atoms with Crippen LogP contribution in [0.15, 0.2) is 89.1 Å². The number of benzene rings is 3. The molecule has 9 nitrogen and oxygen atoms in total. The molecule has 0 fully saturated rings. The van der Waals surface area contributed by atoms with Crippen LogP contribution in [-0.2, 0) is 0 Å². The van der Waals surface area contributed by atoms with Gasteiger partial charge in [0.05, 0.1) is 36.5 Å². The minimum atomic E-state index is -0.990. The van der Waals surface area contributed by atoms with Gasteiger partial charge < -0.3 is 15.7 Å². The first-order valence-corrected chi connectivity index (χ1v) is 9.90. The predicted octanol–water partition coefficient (Wildman–Crippen LogP) is 3.71. The van der Waals surface area contributed by atoms with Gasteiger partial charge in [-0.2, -0.15) is 5.10 Å². The average Bonchev–Trinajstić information content (AvgIpc) is 3.35. The second-order valence-electron chi connectivity index (χ2n) is 6.95. The van der Waals surface area contributed by atoms with Gasteiger partial charge in [-0.25, -0.2) is 9.48 Å². The van der Waals surface area contributed by atoms with Crippen LogP contribution in [0.2, 0.25) is 0 Å². The Kier molecular flexibility index (Phi) is 6.21. The standard InChI is InChI=1S/C24H20N6O3/c1-33-21-11-9-20(10-12-21)30-15-23(28-29-30)18-4-2-3-17(13-18)22(27-25)14-26-19-7-5-16(6-8-19)24(31)32/h2-15H,25H2,1H3,(H,31,32)/b26-14?,27-22+. The molecule has 4 rings (SSSR count). The molecule has 0 aliphatic carbocycles. The van der Waals surface area contributed by atoms with Crippen LogP contribution in [0.25, 0.3) is 16.9 Å². The van der Waals surface area contributed by atoms with Gasteiger partial charge in [0, 0.05) is 11.1 Å². The molecule has 0 saturated heterocycles. The molecule has 9 heteroatoms. The summed E-state index contributed by atoms with van der Waals surface area (Å²) in [5.41, 5.74) is 4.37. The topological polar surface area (TPSA) is 128 Å². The Morgan fingerprint density at radius 1 is 1.06 bits per heavy atom. The number of aliphatic imine (C=N–C) groups is 1. The first kappa shape index (κ1) is 21.4. The van der Waals surface area contributed by atoms with Crippen molar-refractivity contribution in [2.24, 2.45) is 15.9 Å². The van der Waals surface area contributed by atoms with Gasteiger partial charge in [-0.1, -0.05) is 23.4 Å². The van der Waals surface area contributed by atoms with Crippen molar-refractivity contribution in [2.75, 3.05) is 7.11 Å². The number of methoxy groups -OCH3 is 1. The van der Waals surface area contributed by atoms with Crippen LogP contribution in [0.1, 0.15) is 15.9 Å². The number of ether oxygens (including phenoxy) is 1. The molecule has 164 valence electrons. The molecule has 4 aromatic rings. The number of nitrogens with two attached hydrogens (primary N) is 1. The van der Waals surface area contributed by atoms with E-state index in [4.69, 9.17) is 15.7 Å². The number of hydrogen-bond acceptors (Lipinski definition) is 7. The van der Waals surface area contributed by atoms with Crippen molar-refractivity contribution in [3.8, 4) is 22.7 Å². The van der Waals surface area contributed by atoms with Crippen molar-refractivity contribution < 1.29 is 14.6 Å². The molecule has 0 atom stereocenters. The SMILES string of the molecule is COc1ccc(-n2cc(-c3cccc(/C(C=Nc4ccc(C(=O)O)cc4)=N/N)c3)nn2)cc1. The Morgan fingerprint density at radius 2 is 1.82 bits per heavy atom. The highest BCUT2D eigenvalue weighted by Crippen LogP contribution is 2.21. The van der Waals surface area contributed by atoms with Gasteiger partial charge in [0.1, 0.15) is 17.2 Å². The number of aromatic carboxylic acids is 1. The molecule has 0 spiro atoms. The van der Waals surface area contributed by atoms with E-state index in [0.717, 1.165) is 22.6 Å². The van der Waals surface area contributed by atoms with E-state index in [1.165, 1.54) is 18.3 Å². The maximum Gasteiger partial charge on any atom is 0.335 e. The smallest absolute Gasteiger partial charge is 0.335 e. The number of rotatable bonds is 7. The van der Waals surface area contributed by atoms with Gasteiger partial charge in [-0.05, 0) is 54.6 Å². The Morgan fingerprint density at radius 3 is 2.48 bits per heavy atom. The van der Waals surface area contributed by atoms with Crippen molar-refractivity contribution in [1.82, 2.24) is 15.0 Å². The zero-order valence-electron chi connectivity index (χ0n) is 17.7. The molecule has 0 aliphatic rings. The largest absolute Gasteiger partial charge is 0.497 e. The normalized spacial score (nSPS) is 11.6.